The molecule has 3 aromatic rings. The zero-order chi connectivity index (χ0) is 25.2. The van der Waals surface area contributed by atoms with Gasteiger partial charge >= 0.3 is 5.97 Å². The van der Waals surface area contributed by atoms with E-state index in [4.69, 9.17) is 4.74 Å². The van der Waals surface area contributed by atoms with Crippen molar-refractivity contribution in [1.29, 1.82) is 0 Å². The van der Waals surface area contributed by atoms with Gasteiger partial charge < -0.3 is 15.0 Å². The topological polar surface area (TPSA) is 101 Å². The molecule has 0 saturated carbocycles. The molecule has 1 aliphatic rings. The third-order valence-electron chi connectivity index (χ3n) is 6.09. The second-order valence-corrected chi connectivity index (χ2v) is 9.79. The van der Waals surface area contributed by atoms with Crippen molar-refractivity contribution in [1.82, 2.24) is 9.97 Å². The molecular formula is C27H30N4O4. The quantitative estimate of drug-likeness (QED) is 0.417. The first-order valence-corrected chi connectivity index (χ1v) is 11.8. The molecule has 1 aromatic heterocycles. The molecule has 0 aliphatic carbocycles. The van der Waals surface area contributed by atoms with Crippen molar-refractivity contribution < 1.29 is 19.1 Å². The van der Waals surface area contributed by atoms with Crippen molar-refractivity contribution in [3.63, 3.8) is 0 Å². The van der Waals surface area contributed by atoms with Crippen molar-refractivity contribution in [2.24, 2.45) is 5.41 Å². The van der Waals surface area contributed by atoms with E-state index in [9.17, 15) is 14.4 Å². The van der Waals surface area contributed by atoms with Crippen LogP contribution in [0.25, 0.3) is 10.9 Å². The van der Waals surface area contributed by atoms with Crippen LogP contribution >= 0.6 is 0 Å². The lowest BCUT2D eigenvalue weighted by atomic mass is 9.95. The highest BCUT2D eigenvalue weighted by Crippen LogP contribution is 2.30. The summed E-state index contributed by atoms with van der Waals surface area (Å²) in [4.78, 5) is 48.8. The van der Waals surface area contributed by atoms with Crippen LogP contribution in [0.3, 0.4) is 0 Å². The standard InChI is InChI=1S/C27H30N4O4/c1-17(23(32)18-11-13-19(14-12-18)30-26(34)27(2,3)4)35-25(33)22-10-7-15-31(22)24-20-8-5-6-9-21(20)28-16-29-24/h5-6,8-9,11-14,16-17,22H,7,10,15H2,1-4H3,(H,30,34)/t17-,22-/m0/s1. The predicted molar refractivity (Wildman–Crippen MR) is 134 cm³/mol. The lowest BCUT2D eigenvalue weighted by Crippen LogP contribution is -2.40. The molecule has 8 heteroatoms. The molecule has 2 atom stereocenters. The number of hydrogen-bond donors (Lipinski definition) is 1. The third-order valence-corrected chi connectivity index (χ3v) is 6.09. The Hall–Kier alpha value is -3.81. The number of nitrogens with one attached hydrogen (secondary N) is 1. The molecular weight excluding hydrogens is 444 g/mol. The van der Waals surface area contributed by atoms with Gasteiger partial charge in [-0.25, -0.2) is 14.8 Å². The highest BCUT2D eigenvalue weighted by molar-refractivity contribution is 6.01. The van der Waals surface area contributed by atoms with Crippen LogP contribution in [0.15, 0.2) is 54.9 Å². The van der Waals surface area contributed by atoms with Crippen LogP contribution in [0.4, 0.5) is 11.5 Å². The van der Waals surface area contributed by atoms with Crippen molar-refractivity contribution in [2.45, 2.75) is 52.7 Å². The van der Waals surface area contributed by atoms with Gasteiger partial charge in [-0.1, -0.05) is 32.9 Å². The van der Waals surface area contributed by atoms with Gasteiger partial charge in [0.15, 0.2) is 6.10 Å². The van der Waals surface area contributed by atoms with Gasteiger partial charge in [-0.3, -0.25) is 9.59 Å². The van der Waals surface area contributed by atoms with Gasteiger partial charge in [-0.2, -0.15) is 0 Å². The van der Waals surface area contributed by atoms with Crippen LogP contribution in [0, 0.1) is 5.41 Å². The molecule has 1 fully saturated rings. The fraction of sp³-hybridized carbons (Fsp3) is 0.370. The maximum atomic E-state index is 13.1. The minimum Gasteiger partial charge on any atom is -0.453 e. The summed E-state index contributed by atoms with van der Waals surface area (Å²) in [5.41, 5.74) is 1.29. The molecule has 0 bridgehead atoms. The van der Waals surface area contributed by atoms with Gasteiger partial charge in [0.1, 0.15) is 18.2 Å². The van der Waals surface area contributed by atoms with E-state index >= 15 is 0 Å². The predicted octanol–water partition coefficient (Wildman–Crippen LogP) is 4.40. The van der Waals surface area contributed by atoms with E-state index in [-0.39, 0.29) is 11.7 Å². The number of Topliss-reactive ketones (excluding diaryl/α,β-unsaturated/α-hetero) is 1. The van der Waals surface area contributed by atoms with Crippen LogP contribution in [0.1, 0.15) is 50.9 Å². The number of rotatable bonds is 6. The van der Waals surface area contributed by atoms with E-state index in [0.29, 0.717) is 30.0 Å². The first-order chi connectivity index (χ1) is 16.6. The van der Waals surface area contributed by atoms with Crippen molar-refractivity contribution >= 4 is 40.1 Å². The van der Waals surface area contributed by atoms with E-state index in [2.05, 4.69) is 15.3 Å². The van der Waals surface area contributed by atoms with E-state index in [1.165, 1.54) is 6.33 Å². The van der Waals surface area contributed by atoms with E-state index in [1.54, 1.807) is 31.2 Å². The molecule has 1 saturated heterocycles. The first kappa shape index (κ1) is 24.3. The number of carbonyl (C=O) groups is 3. The fourth-order valence-corrected chi connectivity index (χ4v) is 4.06. The van der Waals surface area contributed by atoms with Crippen molar-refractivity contribution in [3.05, 3.63) is 60.4 Å². The van der Waals surface area contributed by atoms with Gasteiger partial charge in [0.2, 0.25) is 11.7 Å². The molecule has 1 amide bonds. The molecule has 2 aromatic carbocycles. The minimum absolute atomic E-state index is 0.114. The smallest absolute Gasteiger partial charge is 0.329 e. The number of ketones is 1. The Kier molecular flexibility index (Phi) is 6.82. The first-order valence-electron chi connectivity index (χ1n) is 11.8. The molecule has 0 spiro atoms. The monoisotopic (exact) mass is 474 g/mol. The average molecular weight is 475 g/mol. The molecule has 0 unspecified atom stereocenters. The van der Waals surface area contributed by atoms with Gasteiger partial charge in [-0.15, -0.1) is 0 Å². The number of hydrogen-bond acceptors (Lipinski definition) is 7. The summed E-state index contributed by atoms with van der Waals surface area (Å²) < 4.78 is 5.61. The Labute approximate surface area is 204 Å². The number of aromatic nitrogens is 2. The van der Waals surface area contributed by atoms with Crippen molar-refractivity contribution in [2.75, 3.05) is 16.8 Å². The van der Waals surface area contributed by atoms with Crippen LogP contribution in [-0.2, 0) is 14.3 Å². The molecule has 2 heterocycles. The van der Waals surface area contributed by atoms with Gasteiger partial charge in [0, 0.05) is 28.6 Å². The summed E-state index contributed by atoms with van der Waals surface area (Å²) in [6.45, 7) is 7.73. The maximum absolute atomic E-state index is 13.1. The minimum atomic E-state index is -0.942. The number of para-hydroxylation sites is 1. The summed E-state index contributed by atoms with van der Waals surface area (Å²) in [5.74, 6) is -0.164. The molecule has 1 N–H and O–H groups in total. The molecule has 4 rings (SSSR count). The highest BCUT2D eigenvalue weighted by Gasteiger charge is 2.35. The van der Waals surface area contributed by atoms with Gasteiger partial charge in [-0.05, 0) is 56.2 Å². The molecule has 0 radical (unpaired) electrons. The van der Waals surface area contributed by atoms with Crippen LogP contribution in [0.2, 0.25) is 0 Å². The summed E-state index contributed by atoms with van der Waals surface area (Å²) >= 11 is 0. The summed E-state index contributed by atoms with van der Waals surface area (Å²) in [6, 6.07) is 13.7. The fourth-order valence-electron chi connectivity index (χ4n) is 4.06. The van der Waals surface area contributed by atoms with Gasteiger partial charge in [0.05, 0.1) is 5.52 Å². The van der Waals surface area contributed by atoms with Gasteiger partial charge in [0.25, 0.3) is 0 Å². The maximum Gasteiger partial charge on any atom is 0.329 e. The summed E-state index contributed by atoms with van der Waals surface area (Å²) in [7, 11) is 0. The number of anilines is 2. The normalized spacial score (nSPS) is 16.7. The highest BCUT2D eigenvalue weighted by atomic mass is 16.5. The summed E-state index contributed by atoms with van der Waals surface area (Å²) in [5, 5.41) is 3.70. The van der Waals surface area contributed by atoms with Crippen LogP contribution in [-0.4, -0.2) is 46.3 Å². The van der Waals surface area contributed by atoms with E-state index < -0.39 is 23.5 Å². The lowest BCUT2D eigenvalue weighted by molar-refractivity contribution is -0.147. The van der Waals surface area contributed by atoms with E-state index in [1.807, 2.05) is 49.9 Å². The second-order valence-electron chi connectivity index (χ2n) is 9.79. The molecule has 35 heavy (non-hydrogen) atoms. The zero-order valence-electron chi connectivity index (χ0n) is 20.4. The number of esters is 1. The Balaban J connectivity index is 1.43. The van der Waals surface area contributed by atoms with Crippen molar-refractivity contribution in [3.8, 4) is 0 Å². The van der Waals surface area contributed by atoms with Crippen LogP contribution < -0.4 is 10.2 Å². The molecule has 1 aliphatic heterocycles. The Morgan fingerprint density at radius 3 is 2.49 bits per heavy atom. The third kappa shape index (κ3) is 5.31. The number of amides is 1. The molecule has 8 nitrogen and oxygen atoms in total. The summed E-state index contributed by atoms with van der Waals surface area (Å²) in [6.07, 6.45) is 2.00. The van der Waals surface area contributed by atoms with E-state index in [0.717, 1.165) is 17.3 Å². The SMILES string of the molecule is C[C@H](OC(=O)[C@@H]1CCCN1c1ncnc2ccccc12)C(=O)c1ccc(NC(=O)C(C)(C)C)cc1. The number of carbonyl (C=O) groups excluding carboxylic acids is 3. The number of nitrogens with zero attached hydrogens (tertiary/aromatic N) is 3. The average Bonchev–Trinajstić information content (AvgIpc) is 3.33. The largest absolute Gasteiger partial charge is 0.453 e. The Bertz CT molecular complexity index is 1240. The number of fused-ring (bicyclic) bond motifs is 1. The second kappa shape index (κ2) is 9.82. The lowest BCUT2D eigenvalue weighted by Gasteiger charge is -2.26. The van der Waals surface area contributed by atoms with Crippen LogP contribution in [0.5, 0.6) is 0 Å². The zero-order valence-corrected chi connectivity index (χ0v) is 20.4. The Morgan fingerprint density at radius 1 is 1.06 bits per heavy atom. The number of benzene rings is 2. The number of ether oxygens (including phenoxy) is 1. The molecule has 182 valence electrons. The Morgan fingerprint density at radius 2 is 1.77 bits per heavy atom.